The zero-order valence-corrected chi connectivity index (χ0v) is 14.7. The molecule has 0 spiro atoms. The quantitative estimate of drug-likeness (QED) is 0.779. The van der Waals surface area contributed by atoms with Crippen LogP contribution in [0.2, 0.25) is 0 Å². The topological polar surface area (TPSA) is 84.7 Å². The van der Waals surface area contributed by atoms with Crippen LogP contribution >= 0.6 is 0 Å². The van der Waals surface area contributed by atoms with Crippen molar-refractivity contribution in [1.29, 1.82) is 0 Å². The lowest BCUT2D eigenvalue weighted by Crippen LogP contribution is -2.27. The number of carbonyl (C=O) groups excluding carboxylic acids is 1. The van der Waals surface area contributed by atoms with E-state index in [-0.39, 0.29) is 11.7 Å². The van der Waals surface area contributed by atoms with Crippen LogP contribution in [0.1, 0.15) is 41.4 Å². The van der Waals surface area contributed by atoms with Crippen molar-refractivity contribution in [3.05, 3.63) is 47.3 Å². The predicted molar refractivity (Wildman–Crippen MR) is 93.0 cm³/mol. The first kappa shape index (κ1) is 18.5. The van der Waals surface area contributed by atoms with E-state index in [4.69, 9.17) is 9.84 Å². The van der Waals surface area contributed by atoms with Crippen molar-refractivity contribution in [2.24, 2.45) is 0 Å². The molecular formula is C18H23N3O4. The second-order valence-corrected chi connectivity index (χ2v) is 5.87. The number of carboxylic acids is 1. The van der Waals surface area contributed by atoms with Crippen LogP contribution in [0.5, 0.6) is 0 Å². The van der Waals surface area contributed by atoms with Gasteiger partial charge in [-0.25, -0.2) is 14.3 Å². The Morgan fingerprint density at radius 1 is 1.36 bits per heavy atom. The molecular weight excluding hydrogens is 322 g/mol. The molecule has 0 fully saturated rings. The fourth-order valence-electron chi connectivity index (χ4n) is 2.35. The van der Waals surface area contributed by atoms with Gasteiger partial charge in [-0.3, -0.25) is 0 Å². The summed E-state index contributed by atoms with van der Waals surface area (Å²) in [5.74, 6) is -1.01. The molecule has 134 valence electrons. The van der Waals surface area contributed by atoms with E-state index in [1.165, 1.54) is 15.8 Å². The zero-order valence-electron chi connectivity index (χ0n) is 14.7. The number of unbranched alkanes of at least 4 members (excludes halogenated alkanes) is 1. The van der Waals surface area contributed by atoms with Crippen LogP contribution < -0.4 is 0 Å². The normalized spacial score (nSPS) is 10.5. The molecule has 2 aromatic rings. The average Bonchev–Trinajstić information content (AvgIpc) is 2.97. The van der Waals surface area contributed by atoms with Crippen LogP contribution in [-0.2, 0) is 11.3 Å². The van der Waals surface area contributed by atoms with Gasteiger partial charge >= 0.3 is 12.1 Å². The molecule has 0 saturated heterocycles. The van der Waals surface area contributed by atoms with Crippen molar-refractivity contribution in [3.8, 4) is 5.69 Å². The molecule has 0 bridgehead atoms. The molecule has 7 heteroatoms. The number of amides is 1. The monoisotopic (exact) mass is 345 g/mol. The number of hydrogen-bond acceptors (Lipinski definition) is 4. The molecule has 0 unspecified atom stereocenters. The Morgan fingerprint density at radius 3 is 2.76 bits per heavy atom. The van der Waals surface area contributed by atoms with E-state index in [2.05, 4.69) is 5.10 Å². The molecule has 7 nitrogen and oxygen atoms in total. The minimum absolute atomic E-state index is 0.169. The second-order valence-electron chi connectivity index (χ2n) is 5.87. The Hall–Kier alpha value is -2.83. The molecule has 0 aliphatic heterocycles. The third kappa shape index (κ3) is 4.82. The van der Waals surface area contributed by atoms with Crippen molar-refractivity contribution >= 4 is 12.1 Å². The minimum atomic E-state index is -1.01. The van der Waals surface area contributed by atoms with Crippen LogP contribution in [0, 0.1) is 6.92 Å². The summed E-state index contributed by atoms with van der Waals surface area (Å²) < 4.78 is 6.71. The number of ether oxygens (including phenoxy) is 1. The SMILES string of the molecule is CCCCOC(=O)N(C)Cc1cccc(-n2cc(C(=O)O)c(C)n2)c1. The maximum absolute atomic E-state index is 11.9. The number of aromatic nitrogens is 2. The third-order valence-corrected chi connectivity index (χ3v) is 3.76. The summed E-state index contributed by atoms with van der Waals surface area (Å²) in [4.78, 5) is 24.6. The predicted octanol–water partition coefficient (Wildman–Crippen LogP) is 3.25. The Morgan fingerprint density at radius 2 is 2.12 bits per heavy atom. The number of benzene rings is 1. The molecule has 1 aromatic heterocycles. The van der Waals surface area contributed by atoms with Crippen LogP contribution in [0.4, 0.5) is 4.79 Å². The number of rotatable bonds is 7. The van der Waals surface area contributed by atoms with Gasteiger partial charge in [0.2, 0.25) is 0 Å². The molecule has 25 heavy (non-hydrogen) atoms. The van der Waals surface area contributed by atoms with Gasteiger partial charge in [0.1, 0.15) is 5.56 Å². The van der Waals surface area contributed by atoms with E-state index in [1.807, 2.05) is 31.2 Å². The summed E-state index contributed by atoms with van der Waals surface area (Å²) >= 11 is 0. The maximum atomic E-state index is 11.9. The van der Waals surface area contributed by atoms with Gasteiger partial charge in [0, 0.05) is 19.8 Å². The largest absolute Gasteiger partial charge is 0.478 e. The molecule has 0 aliphatic rings. The molecule has 2 rings (SSSR count). The van der Waals surface area contributed by atoms with Gasteiger partial charge in [-0.2, -0.15) is 5.10 Å². The first-order valence-electron chi connectivity index (χ1n) is 8.19. The smallest absolute Gasteiger partial charge is 0.409 e. The number of nitrogens with zero attached hydrogens (tertiary/aromatic N) is 3. The van der Waals surface area contributed by atoms with Crippen molar-refractivity contribution in [1.82, 2.24) is 14.7 Å². The number of aromatic carboxylic acids is 1. The summed E-state index contributed by atoms with van der Waals surface area (Å²) in [5, 5.41) is 13.4. The standard InChI is InChI=1S/C18H23N3O4/c1-4-5-9-25-18(24)20(3)11-14-7-6-8-15(10-14)21-12-16(17(22)23)13(2)19-21/h6-8,10,12H,4-5,9,11H2,1-3H3,(H,22,23). The fourth-order valence-corrected chi connectivity index (χ4v) is 2.35. The molecule has 0 atom stereocenters. The van der Waals surface area contributed by atoms with Gasteiger partial charge in [-0.05, 0) is 31.0 Å². The van der Waals surface area contributed by atoms with Crippen molar-refractivity contribution in [2.75, 3.05) is 13.7 Å². The van der Waals surface area contributed by atoms with Gasteiger partial charge in [0.15, 0.2) is 0 Å². The highest BCUT2D eigenvalue weighted by molar-refractivity contribution is 5.88. The summed E-state index contributed by atoms with van der Waals surface area (Å²) in [7, 11) is 1.68. The van der Waals surface area contributed by atoms with E-state index in [9.17, 15) is 9.59 Å². The first-order valence-corrected chi connectivity index (χ1v) is 8.19. The number of hydrogen-bond donors (Lipinski definition) is 1. The van der Waals surface area contributed by atoms with E-state index in [0.29, 0.717) is 18.8 Å². The summed E-state index contributed by atoms with van der Waals surface area (Å²) in [6, 6.07) is 7.45. The molecule has 1 amide bonds. The maximum Gasteiger partial charge on any atom is 0.409 e. The Bertz CT molecular complexity index is 755. The Labute approximate surface area is 146 Å². The fraction of sp³-hybridized carbons (Fsp3) is 0.389. The lowest BCUT2D eigenvalue weighted by Gasteiger charge is -2.17. The summed E-state index contributed by atoms with van der Waals surface area (Å²) in [5.41, 5.74) is 2.26. The third-order valence-electron chi connectivity index (χ3n) is 3.76. The van der Waals surface area contributed by atoms with Gasteiger partial charge in [-0.1, -0.05) is 25.5 Å². The van der Waals surface area contributed by atoms with E-state index in [1.54, 1.807) is 14.0 Å². The van der Waals surface area contributed by atoms with E-state index < -0.39 is 5.97 Å². The van der Waals surface area contributed by atoms with E-state index >= 15 is 0 Å². The minimum Gasteiger partial charge on any atom is -0.478 e. The lowest BCUT2D eigenvalue weighted by atomic mass is 10.2. The first-order chi connectivity index (χ1) is 11.9. The molecule has 1 heterocycles. The van der Waals surface area contributed by atoms with Gasteiger partial charge in [0.05, 0.1) is 18.0 Å². The van der Waals surface area contributed by atoms with E-state index in [0.717, 1.165) is 24.1 Å². The Kier molecular flexibility index (Phi) is 6.16. The van der Waals surface area contributed by atoms with Gasteiger partial charge in [0.25, 0.3) is 0 Å². The van der Waals surface area contributed by atoms with Crippen LogP contribution in [0.15, 0.2) is 30.5 Å². The Balaban J connectivity index is 2.09. The van der Waals surface area contributed by atoms with Gasteiger partial charge in [-0.15, -0.1) is 0 Å². The second kappa shape index (κ2) is 8.32. The van der Waals surface area contributed by atoms with Gasteiger partial charge < -0.3 is 14.7 Å². The van der Waals surface area contributed by atoms with Crippen LogP contribution in [-0.4, -0.2) is 45.5 Å². The highest BCUT2D eigenvalue weighted by Gasteiger charge is 2.14. The van der Waals surface area contributed by atoms with Crippen molar-refractivity contribution in [2.45, 2.75) is 33.2 Å². The van der Waals surface area contributed by atoms with Crippen molar-refractivity contribution < 1.29 is 19.4 Å². The highest BCUT2D eigenvalue weighted by Crippen LogP contribution is 2.15. The summed E-state index contributed by atoms with van der Waals surface area (Å²) in [6.07, 6.45) is 2.95. The average molecular weight is 345 g/mol. The highest BCUT2D eigenvalue weighted by atomic mass is 16.6. The molecule has 1 aromatic carbocycles. The van der Waals surface area contributed by atoms with Crippen LogP contribution in [0.3, 0.4) is 0 Å². The number of aryl methyl sites for hydroxylation is 1. The van der Waals surface area contributed by atoms with Crippen LogP contribution in [0.25, 0.3) is 5.69 Å². The number of carbonyl (C=O) groups is 2. The summed E-state index contributed by atoms with van der Waals surface area (Å²) in [6.45, 7) is 4.51. The zero-order chi connectivity index (χ0) is 18.4. The molecule has 0 radical (unpaired) electrons. The molecule has 0 aliphatic carbocycles. The number of carboxylic acid groups (broad SMARTS) is 1. The van der Waals surface area contributed by atoms with Crippen molar-refractivity contribution in [3.63, 3.8) is 0 Å². The lowest BCUT2D eigenvalue weighted by molar-refractivity contribution is 0.0696. The molecule has 0 saturated carbocycles. The molecule has 1 N–H and O–H groups in total.